The van der Waals surface area contributed by atoms with Crippen molar-refractivity contribution >= 4 is 6.03 Å². The van der Waals surface area contributed by atoms with Gasteiger partial charge in [0.25, 0.3) is 5.56 Å². The number of urea groups is 1. The van der Waals surface area contributed by atoms with Gasteiger partial charge in [0.05, 0.1) is 6.54 Å². The van der Waals surface area contributed by atoms with Crippen LogP contribution in [0.3, 0.4) is 0 Å². The van der Waals surface area contributed by atoms with Crippen LogP contribution in [0, 0.1) is 5.92 Å². The van der Waals surface area contributed by atoms with Crippen molar-refractivity contribution in [3.05, 3.63) is 70.1 Å². The van der Waals surface area contributed by atoms with Crippen molar-refractivity contribution in [2.24, 2.45) is 5.92 Å². The number of nitrogens with one attached hydrogen (secondary N) is 2. The van der Waals surface area contributed by atoms with E-state index in [0.29, 0.717) is 19.0 Å². The molecule has 1 aromatic heterocycles. The zero-order chi connectivity index (χ0) is 17.5. The van der Waals surface area contributed by atoms with E-state index in [9.17, 15) is 9.59 Å². The second kappa shape index (κ2) is 8.34. The standard InChI is InChI=1S/C19H25N3O2/c1-14(2)15(3)21-19(24)20-12-16-7-9-17(10-8-16)13-22-11-5-4-6-18(22)23/h4-11,14-15H,12-13H2,1-3H3,(H2,20,21,24). The Labute approximate surface area is 142 Å². The first-order chi connectivity index (χ1) is 11.5. The maximum atomic E-state index is 11.8. The van der Waals surface area contributed by atoms with Gasteiger partial charge in [-0.05, 0) is 30.0 Å². The van der Waals surface area contributed by atoms with Crippen LogP contribution in [0.4, 0.5) is 4.79 Å². The molecule has 0 radical (unpaired) electrons. The van der Waals surface area contributed by atoms with Crippen molar-refractivity contribution in [1.29, 1.82) is 0 Å². The summed E-state index contributed by atoms with van der Waals surface area (Å²) in [6.07, 6.45) is 1.78. The molecule has 2 rings (SSSR count). The van der Waals surface area contributed by atoms with Gasteiger partial charge in [0, 0.05) is 24.8 Å². The number of hydrogen-bond donors (Lipinski definition) is 2. The topological polar surface area (TPSA) is 63.1 Å². The third-order valence-electron chi connectivity index (χ3n) is 4.09. The number of hydrogen-bond acceptors (Lipinski definition) is 2. The minimum Gasteiger partial charge on any atom is -0.335 e. The molecular formula is C19H25N3O2. The summed E-state index contributed by atoms with van der Waals surface area (Å²) in [5.41, 5.74) is 2.05. The van der Waals surface area contributed by atoms with Gasteiger partial charge in [-0.3, -0.25) is 4.79 Å². The highest BCUT2D eigenvalue weighted by molar-refractivity contribution is 5.74. The molecule has 0 bridgehead atoms. The summed E-state index contributed by atoms with van der Waals surface area (Å²) < 4.78 is 1.66. The molecule has 5 heteroatoms. The lowest BCUT2D eigenvalue weighted by atomic mass is 10.1. The molecule has 0 fully saturated rings. The Hall–Kier alpha value is -2.56. The second-order valence-corrected chi connectivity index (χ2v) is 6.34. The SMILES string of the molecule is CC(C)C(C)NC(=O)NCc1ccc(Cn2ccccc2=O)cc1. The molecule has 0 aliphatic carbocycles. The Morgan fingerprint density at radius 3 is 2.33 bits per heavy atom. The van der Waals surface area contributed by atoms with Crippen LogP contribution in [-0.4, -0.2) is 16.6 Å². The van der Waals surface area contributed by atoms with Gasteiger partial charge in [-0.1, -0.05) is 44.2 Å². The molecule has 1 atom stereocenters. The van der Waals surface area contributed by atoms with Gasteiger partial charge in [0.15, 0.2) is 0 Å². The summed E-state index contributed by atoms with van der Waals surface area (Å²) in [6, 6.07) is 13.0. The van der Waals surface area contributed by atoms with Crippen LogP contribution >= 0.6 is 0 Å². The lowest BCUT2D eigenvalue weighted by Gasteiger charge is -2.17. The summed E-state index contributed by atoms with van der Waals surface area (Å²) in [7, 11) is 0. The van der Waals surface area contributed by atoms with Crippen molar-refractivity contribution < 1.29 is 4.79 Å². The summed E-state index contributed by atoms with van der Waals surface area (Å²) in [6.45, 7) is 7.15. The van der Waals surface area contributed by atoms with Crippen LogP contribution < -0.4 is 16.2 Å². The molecule has 2 N–H and O–H groups in total. The first-order valence-corrected chi connectivity index (χ1v) is 8.23. The maximum Gasteiger partial charge on any atom is 0.315 e. The lowest BCUT2D eigenvalue weighted by molar-refractivity contribution is 0.234. The monoisotopic (exact) mass is 327 g/mol. The Kier molecular flexibility index (Phi) is 6.18. The van der Waals surface area contributed by atoms with Crippen molar-refractivity contribution in [2.75, 3.05) is 0 Å². The Balaban J connectivity index is 1.87. The van der Waals surface area contributed by atoms with E-state index in [1.54, 1.807) is 22.9 Å². The van der Waals surface area contributed by atoms with Crippen LogP contribution in [0.15, 0.2) is 53.5 Å². The number of aromatic nitrogens is 1. The van der Waals surface area contributed by atoms with Crippen LogP contribution in [0.5, 0.6) is 0 Å². The number of benzene rings is 1. The molecule has 2 amide bonds. The molecule has 2 aromatic rings. The molecule has 1 unspecified atom stereocenters. The van der Waals surface area contributed by atoms with Crippen molar-refractivity contribution in [2.45, 2.75) is 39.9 Å². The maximum absolute atomic E-state index is 11.8. The molecular weight excluding hydrogens is 302 g/mol. The van der Waals surface area contributed by atoms with Crippen molar-refractivity contribution in [3.63, 3.8) is 0 Å². The predicted octanol–water partition coefficient (Wildman–Crippen LogP) is 2.74. The van der Waals surface area contributed by atoms with E-state index in [-0.39, 0.29) is 17.6 Å². The van der Waals surface area contributed by atoms with E-state index < -0.39 is 0 Å². The van der Waals surface area contributed by atoms with Crippen LogP contribution in [-0.2, 0) is 13.1 Å². The number of amides is 2. The fraction of sp³-hybridized carbons (Fsp3) is 0.368. The number of carbonyl (C=O) groups is 1. The third kappa shape index (κ3) is 5.26. The summed E-state index contributed by atoms with van der Waals surface area (Å²) in [4.78, 5) is 23.5. The highest BCUT2D eigenvalue weighted by Crippen LogP contribution is 2.06. The predicted molar refractivity (Wildman–Crippen MR) is 95.9 cm³/mol. The van der Waals surface area contributed by atoms with Gasteiger partial charge in [-0.15, -0.1) is 0 Å². The van der Waals surface area contributed by atoms with Crippen LogP contribution in [0.25, 0.3) is 0 Å². The van der Waals surface area contributed by atoms with E-state index in [4.69, 9.17) is 0 Å². The number of pyridine rings is 1. The Bertz CT molecular complexity index is 720. The Morgan fingerprint density at radius 2 is 1.71 bits per heavy atom. The second-order valence-electron chi connectivity index (χ2n) is 6.34. The normalized spacial score (nSPS) is 12.0. The minimum absolute atomic E-state index is 0.0146. The number of carbonyl (C=O) groups excluding carboxylic acids is 1. The van der Waals surface area contributed by atoms with Crippen molar-refractivity contribution in [1.82, 2.24) is 15.2 Å². The molecule has 0 saturated heterocycles. The smallest absolute Gasteiger partial charge is 0.315 e. The average molecular weight is 327 g/mol. The van der Waals surface area contributed by atoms with E-state index in [0.717, 1.165) is 11.1 Å². The zero-order valence-corrected chi connectivity index (χ0v) is 14.5. The lowest BCUT2D eigenvalue weighted by Crippen LogP contribution is -2.42. The molecule has 0 aliphatic heterocycles. The molecule has 0 aliphatic rings. The first kappa shape index (κ1) is 17.8. The van der Waals surface area contributed by atoms with Crippen molar-refractivity contribution in [3.8, 4) is 0 Å². The largest absolute Gasteiger partial charge is 0.335 e. The molecule has 5 nitrogen and oxygen atoms in total. The number of nitrogens with zero attached hydrogens (tertiary/aromatic N) is 1. The van der Waals surface area contributed by atoms with Gasteiger partial charge >= 0.3 is 6.03 Å². The molecule has 128 valence electrons. The van der Waals surface area contributed by atoms with E-state index in [2.05, 4.69) is 24.5 Å². The van der Waals surface area contributed by atoms with Gasteiger partial charge in [0.2, 0.25) is 0 Å². The molecule has 1 heterocycles. The third-order valence-corrected chi connectivity index (χ3v) is 4.09. The summed E-state index contributed by atoms with van der Waals surface area (Å²) in [5.74, 6) is 0.399. The van der Waals surface area contributed by atoms with E-state index in [1.807, 2.05) is 37.3 Å². The highest BCUT2D eigenvalue weighted by Gasteiger charge is 2.10. The fourth-order valence-electron chi connectivity index (χ4n) is 2.16. The van der Waals surface area contributed by atoms with Gasteiger partial charge in [-0.2, -0.15) is 0 Å². The average Bonchev–Trinajstić information content (AvgIpc) is 2.56. The summed E-state index contributed by atoms with van der Waals surface area (Å²) in [5, 5.41) is 5.77. The van der Waals surface area contributed by atoms with E-state index in [1.165, 1.54) is 0 Å². The first-order valence-electron chi connectivity index (χ1n) is 8.23. The van der Waals surface area contributed by atoms with Gasteiger partial charge in [0.1, 0.15) is 0 Å². The minimum atomic E-state index is -0.156. The molecule has 1 aromatic carbocycles. The van der Waals surface area contributed by atoms with Gasteiger partial charge in [-0.25, -0.2) is 4.79 Å². The zero-order valence-electron chi connectivity index (χ0n) is 14.5. The molecule has 0 saturated carbocycles. The summed E-state index contributed by atoms with van der Waals surface area (Å²) >= 11 is 0. The van der Waals surface area contributed by atoms with E-state index >= 15 is 0 Å². The molecule has 24 heavy (non-hydrogen) atoms. The highest BCUT2D eigenvalue weighted by atomic mass is 16.2. The Morgan fingerprint density at radius 1 is 1.04 bits per heavy atom. The van der Waals surface area contributed by atoms with Crippen LogP contribution in [0.1, 0.15) is 31.9 Å². The fourth-order valence-corrected chi connectivity index (χ4v) is 2.16. The molecule has 0 spiro atoms. The number of rotatable bonds is 6. The van der Waals surface area contributed by atoms with Gasteiger partial charge < -0.3 is 15.2 Å². The van der Waals surface area contributed by atoms with Crippen LogP contribution in [0.2, 0.25) is 0 Å². The quantitative estimate of drug-likeness (QED) is 0.857.